The molecule has 114 valence electrons. The molecule has 8 nitrogen and oxygen atoms in total. The maximum Gasteiger partial charge on any atom is 0.277 e. The number of H-pyrrole nitrogens is 1. The Morgan fingerprint density at radius 1 is 1.43 bits per heavy atom. The van der Waals surface area contributed by atoms with Gasteiger partial charge in [0.05, 0.1) is 5.69 Å². The third-order valence-electron chi connectivity index (χ3n) is 2.89. The molecule has 2 aromatic heterocycles. The number of hydrogen-bond donors (Lipinski definition) is 1. The molecule has 0 bridgehead atoms. The van der Waals surface area contributed by atoms with Gasteiger partial charge in [0, 0.05) is 19.0 Å². The van der Waals surface area contributed by atoms with Gasteiger partial charge in [0.2, 0.25) is 5.78 Å². The molecule has 0 aliphatic heterocycles. The topological polar surface area (TPSA) is 107 Å². The van der Waals surface area contributed by atoms with Crippen molar-refractivity contribution in [1.29, 1.82) is 0 Å². The Hall–Kier alpha value is -2.16. The van der Waals surface area contributed by atoms with E-state index < -0.39 is 27.1 Å². The number of nitrogens with zero attached hydrogens (tertiary/aromatic N) is 3. The zero-order chi connectivity index (χ0) is 15.8. The highest BCUT2D eigenvalue weighted by atomic mass is 32.2. The summed E-state index contributed by atoms with van der Waals surface area (Å²) in [6.45, 7) is 3.83. The zero-order valence-corrected chi connectivity index (χ0v) is 12.8. The van der Waals surface area contributed by atoms with Crippen LogP contribution in [0.5, 0.6) is 0 Å². The molecule has 0 fully saturated rings. The summed E-state index contributed by atoms with van der Waals surface area (Å²) in [5.41, 5.74) is 0.115. The lowest BCUT2D eigenvalue weighted by molar-refractivity contribution is 0.102. The Morgan fingerprint density at radius 2 is 2.10 bits per heavy atom. The minimum Gasteiger partial charge on any atom is -0.302 e. The number of ketones is 1. The number of carbonyl (C=O) groups excluding carboxylic acids is 1. The molecular formula is C12H16N4O4S. The van der Waals surface area contributed by atoms with E-state index in [-0.39, 0.29) is 11.3 Å². The first kappa shape index (κ1) is 15.2. The Bertz CT molecular complexity index is 841. The SMILES string of the molecule is CCn1[nH]cc(C(=O)c2cc(C)nn2CS(C)(=O)=O)c1=O. The molecule has 0 unspecified atom stereocenters. The van der Waals surface area contributed by atoms with Gasteiger partial charge in [-0.2, -0.15) is 5.10 Å². The molecule has 0 aliphatic rings. The highest BCUT2D eigenvalue weighted by Gasteiger charge is 2.22. The van der Waals surface area contributed by atoms with Gasteiger partial charge in [-0.15, -0.1) is 0 Å². The van der Waals surface area contributed by atoms with E-state index in [1.54, 1.807) is 13.8 Å². The number of aryl methyl sites for hydroxylation is 2. The summed E-state index contributed by atoms with van der Waals surface area (Å²) in [6.07, 6.45) is 2.37. The molecule has 0 aromatic carbocycles. The average molecular weight is 312 g/mol. The second kappa shape index (κ2) is 5.32. The van der Waals surface area contributed by atoms with Gasteiger partial charge in [-0.1, -0.05) is 0 Å². The van der Waals surface area contributed by atoms with E-state index in [9.17, 15) is 18.0 Å². The molecule has 9 heteroatoms. The van der Waals surface area contributed by atoms with E-state index in [2.05, 4.69) is 10.2 Å². The number of carbonyl (C=O) groups is 1. The van der Waals surface area contributed by atoms with Crippen molar-refractivity contribution in [2.24, 2.45) is 0 Å². The van der Waals surface area contributed by atoms with Crippen LogP contribution in [0.1, 0.15) is 28.7 Å². The fourth-order valence-corrected chi connectivity index (χ4v) is 2.63. The molecule has 0 saturated heterocycles. The van der Waals surface area contributed by atoms with Gasteiger partial charge in [-0.25, -0.2) is 13.1 Å². The second-order valence-corrected chi connectivity index (χ2v) is 6.90. The minimum absolute atomic E-state index is 0.0356. The summed E-state index contributed by atoms with van der Waals surface area (Å²) in [5, 5.41) is 6.68. The fourth-order valence-electron chi connectivity index (χ4n) is 1.99. The van der Waals surface area contributed by atoms with Crippen LogP contribution in [0.25, 0.3) is 0 Å². The lowest BCUT2D eigenvalue weighted by Gasteiger charge is -2.03. The highest BCUT2D eigenvalue weighted by molar-refractivity contribution is 7.89. The molecule has 1 N–H and O–H groups in total. The summed E-state index contributed by atoms with van der Waals surface area (Å²) in [4.78, 5) is 24.4. The van der Waals surface area contributed by atoms with Crippen LogP contribution >= 0.6 is 0 Å². The first-order valence-electron chi connectivity index (χ1n) is 6.28. The van der Waals surface area contributed by atoms with Crippen LogP contribution in [0.2, 0.25) is 0 Å². The summed E-state index contributed by atoms with van der Waals surface area (Å²) in [5.74, 6) is -0.957. The third-order valence-corrected chi connectivity index (χ3v) is 3.61. The molecule has 0 spiro atoms. The maximum absolute atomic E-state index is 12.4. The van der Waals surface area contributed by atoms with E-state index in [1.807, 2.05) is 0 Å². The minimum atomic E-state index is -3.35. The van der Waals surface area contributed by atoms with Crippen molar-refractivity contribution >= 4 is 15.6 Å². The smallest absolute Gasteiger partial charge is 0.277 e. The van der Waals surface area contributed by atoms with E-state index in [0.29, 0.717) is 12.2 Å². The van der Waals surface area contributed by atoms with Crippen LogP contribution in [-0.4, -0.2) is 40.0 Å². The van der Waals surface area contributed by atoms with Gasteiger partial charge in [-0.3, -0.25) is 14.3 Å². The summed E-state index contributed by atoms with van der Waals surface area (Å²) >= 11 is 0. The highest BCUT2D eigenvalue weighted by Crippen LogP contribution is 2.10. The quantitative estimate of drug-likeness (QED) is 0.778. The number of sulfone groups is 1. The molecule has 0 aliphatic carbocycles. The number of aromatic amines is 1. The predicted molar refractivity (Wildman–Crippen MR) is 76.0 cm³/mol. The Balaban J connectivity index is 2.48. The van der Waals surface area contributed by atoms with Crippen LogP contribution in [0, 0.1) is 6.92 Å². The first-order chi connectivity index (χ1) is 9.73. The number of rotatable bonds is 5. The summed E-state index contributed by atoms with van der Waals surface area (Å²) < 4.78 is 25.2. The van der Waals surface area contributed by atoms with Gasteiger partial charge < -0.3 is 5.10 Å². The normalized spacial score (nSPS) is 11.8. The van der Waals surface area contributed by atoms with Gasteiger partial charge in [0.15, 0.2) is 9.84 Å². The second-order valence-electron chi connectivity index (χ2n) is 4.79. The number of hydrogen-bond acceptors (Lipinski definition) is 5. The molecule has 2 heterocycles. The predicted octanol–water partition coefficient (Wildman–Crippen LogP) is -0.0657. The van der Waals surface area contributed by atoms with Crippen LogP contribution in [0.3, 0.4) is 0 Å². The number of nitrogens with one attached hydrogen (secondary N) is 1. The lowest BCUT2D eigenvalue weighted by atomic mass is 10.1. The Kier molecular flexibility index (Phi) is 3.86. The van der Waals surface area contributed by atoms with E-state index in [4.69, 9.17) is 0 Å². The molecule has 0 saturated carbocycles. The van der Waals surface area contributed by atoms with E-state index in [0.717, 1.165) is 10.9 Å². The maximum atomic E-state index is 12.4. The summed E-state index contributed by atoms with van der Waals surface area (Å²) in [7, 11) is -3.35. The lowest BCUT2D eigenvalue weighted by Crippen LogP contribution is -2.23. The van der Waals surface area contributed by atoms with Crippen molar-refractivity contribution in [1.82, 2.24) is 19.6 Å². The monoisotopic (exact) mass is 312 g/mol. The van der Waals surface area contributed by atoms with Crippen molar-refractivity contribution in [2.45, 2.75) is 26.3 Å². The molecule has 0 atom stereocenters. The molecule has 2 aromatic rings. The van der Waals surface area contributed by atoms with Crippen LogP contribution in [0.15, 0.2) is 17.1 Å². The van der Waals surface area contributed by atoms with Crippen LogP contribution < -0.4 is 5.56 Å². The largest absolute Gasteiger partial charge is 0.302 e. The zero-order valence-electron chi connectivity index (χ0n) is 12.0. The molecular weight excluding hydrogens is 296 g/mol. The molecule has 0 radical (unpaired) electrons. The third kappa shape index (κ3) is 3.13. The fraction of sp³-hybridized carbons (Fsp3) is 0.417. The van der Waals surface area contributed by atoms with Crippen molar-refractivity contribution in [3.05, 3.63) is 39.6 Å². The van der Waals surface area contributed by atoms with Crippen LogP contribution in [-0.2, 0) is 22.3 Å². The van der Waals surface area contributed by atoms with Crippen molar-refractivity contribution in [2.75, 3.05) is 6.26 Å². The van der Waals surface area contributed by atoms with Crippen LogP contribution in [0.4, 0.5) is 0 Å². The van der Waals surface area contributed by atoms with Gasteiger partial charge in [0.1, 0.15) is 17.1 Å². The molecule has 21 heavy (non-hydrogen) atoms. The molecule has 2 rings (SSSR count). The standard InChI is InChI=1S/C12H16N4O4S/c1-4-15-12(18)9(6-13-15)11(17)10-5-8(2)14-16(10)7-21(3,19)20/h5-6,13H,4,7H2,1-3H3. The first-order valence-corrected chi connectivity index (χ1v) is 8.34. The van der Waals surface area contributed by atoms with Gasteiger partial charge in [-0.05, 0) is 19.9 Å². The van der Waals surface area contributed by atoms with Crippen molar-refractivity contribution in [3.8, 4) is 0 Å². The van der Waals surface area contributed by atoms with Gasteiger partial charge in [0.25, 0.3) is 5.56 Å². The average Bonchev–Trinajstić information content (AvgIpc) is 2.90. The summed E-state index contributed by atoms with van der Waals surface area (Å²) in [6, 6.07) is 1.47. The molecule has 0 amide bonds. The van der Waals surface area contributed by atoms with E-state index >= 15 is 0 Å². The number of aromatic nitrogens is 4. The van der Waals surface area contributed by atoms with Gasteiger partial charge >= 0.3 is 0 Å². The van der Waals surface area contributed by atoms with E-state index in [1.165, 1.54) is 16.9 Å². The Morgan fingerprint density at radius 3 is 2.62 bits per heavy atom. The van der Waals surface area contributed by atoms with Crippen molar-refractivity contribution in [3.63, 3.8) is 0 Å². The van der Waals surface area contributed by atoms with Crippen molar-refractivity contribution < 1.29 is 13.2 Å². The Labute approximate surface area is 121 Å².